The van der Waals surface area contributed by atoms with Crippen LogP contribution in [0.2, 0.25) is 15.1 Å². The molecular formula is C11H8Cl6O4S. The van der Waals surface area contributed by atoms with E-state index in [9.17, 15) is 13.2 Å². The van der Waals surface area contributed by atoms with Gasteiger partial charge in [0.2, 0.25) is 0 Å². The standard InChI is InChI=1S/C9H7Cl3O4S.C2HCl3/c1-3-5(10)4(9(13)14)6(11)7(12)8(3)17(2,15)16;3-1-2(4)5/h1-2H3,(H,13,14);1H. The van der Waals surface area contributed by atoms with Crippen molar-refractivity contribution >= 4 is 85.4 Å². The van der Waals surface area contributed by atoms with Gasteiger partial charge in [0.05, 0.1) is 25.5 Å². The van der Waals surface area contributed by atoms with Gasteiger partial charge in [-0.2, -0.15) is 0 Å². The van der Waals surface area contributed by atoms with Gasteiger partial charge in [-0.05, 0) is 12.5 Å². The highest BCUT2D eigenvalue weighted by Gasteiger charge is 2.27. The van der Waals surface area contributed by atoms with E-state index in [2.05, 4.69) is 0 Å². The average Bonchev–Trinajstić information content (AvgIpc) is 2.35. The lowest BCUT2D eigenvalue weighted by Gasteiger charge is -2.13. The molecule has 22 heavy (non-hydrogen) atoms. The summed E-state index contributed by atoms with van der Waals surface area (Å²) in [6, 6.07) is 0. The molecule has 1 rings (SSSR count). The fourth-order valence-electron chi connectivity index (χ4n) is 1.39. The van der Waals surface area contributed by atoms with Crippen molar-refractivity contribution in [2.24, 2.45) is 0 Å². The minimum absolute atomic E-state index is 0.0703. The Hall–Kier alpha value is 0.120. The number of hydrogen-bond acceptors (Lipinski definition) is 3. The third kappa shape index (κ3) is 5.64. The van der Waals surface area contributed by atoms with E-state index in [1.165, 1.54) is 6.92 Å². The van der Waals surface area contributed by atoms with Crippen LogP contribution in [0.3, 0.4) is 0 Å². The molecule has 1 aromatic rings. The zero-order chi connectivity index (χ0) is 17.8. The maximum atomic E-state index is 11.5. The number of rotatable bonds is 2. The van der Waals surface area contributed by atoms with Gasteiger partial charge in [0.25, 0.3) is 0 Å². The van der Waals surface area contributed by atoms with Crippen LogP contribution in [-0.4, -0.2) is 25.7 Å². The average molecular weight is 449 g/mol. The predicted molar refractivity (Wildman–Crippen MR) is 91.9 cm³/mol. The van der Waals surface area contributed by atoms with Crippen molar-refractivity contribution in [3.8, 4) is 0 Å². The molecule has 0 atom stereocenters. The molecule has 0 saturated heterocycles. The van der Waals surface area contributed by atoms with E-state index in [0.29, 0.717) is 0 Å². The molecule has 1 N–H and O–H groups in total. The van der Waals surface area contributed by atoms with Gasteiger partial charge >= 0.3 is 5.97 Å². The maximum Gasteiger partial charge on any atom is 0.338 e. The number of carbonyl (C=O) groups is 1. The van der Waals surface area contributed by atoms with Crippen LogP contribution in [0.25, 0.3) is 0 Å². The highest BCUT2D eigenvalue weighted by molar-refractivity contribution is 7.90. The van der Waals surface area contributed by atoms with Gasteiger partial charge < -0.3 is 5.11 Å². The smallest absolute Gasteiger partial charge is 0.338 e. The summed E-state index contributed by atoms with van der Waals surface area (Å²) < 4.78 is 23.1. The van der Waals surface area contributed by atoms with Crippen LogP contribution in [0.4, 0.5) is 0 Å². The first-order valence-corrected chi connectivity index (χ1v) is 9.29. The highest BCUT2D eigenvalue weighted by atomic mass is 35.5. The zero-order valence-electron chi connectivity index (χ0n) is 10.9. The Labute approximate surface area is 157 Å². The lowest BCUT2D eigenvalue weighted by molar-refractivity contribution is 0.0697. The number of hydrogen-bond donors (Lipinski definition) is 1. The molecule has 0 unspecified atom stereocenters. The van der Waals surface area contributed by atoms with Crippen LogP contribution in [0.15, 0.2) is 14.9 Å². The van der Waals surface area contributed by atoms with Crippen molar-refractivity contribution in [3.63, 3.8) is 0 Å². The fraction of sp³-hybridized carbons (Fsp3) is 0.182. The summed E-state index contributed by atoms with van der Waals surface area (Å²) in [7, 11) is -3.65. The number of carboxylic acids is 1. The summed E-state index contributed by atoms with van der Waals surface area (Å²) in [5, 5.41) is 7.98. The Balaban J connectivity index is 0.000000763. The van der Waals surface area contributed by atoms with Crippen LogP contribution in [-0.2, 0) is 9.84 Å². The molecule has 0 bridgehead atoms. The molecular weight excluding hydrogens is 441 g/mol. The fourth-order valence-corrected chi connectivity index (χ4v) is 3.83. The molecule has 0 aromatic heterocycles. The predicted octanol–water partition coefficient (Wildman–Crippen LogP) is 5.56. The first-order chi connectivity index (χ1) is 9.86. The summed E-state index contributed by atoms with van der Waals surface area (Å²) in [5.41, 5.74) is 0.757. The van der Waals surface area contributed by atoms with Crippen LogP contribution in [0, 0.1) is 6.92 Å². The molecule has 1 aromatic carbocycles. The molecule has 0 radical (unpaired) electrons. The molecule has 124 valence electrons. The third-order valence-corrected chi connectivity index (χ3v) is 5.52. The van der Waals surface area contributed by atoms with E-state index in [1.54, 1.807) is 0 Å². The molecule has 0 heterocycles. The third-order valence-electron chi connectivity index (χ3n) is 2.17. The Bertz CT molecular complexity index is 694. The van der Waals surface area contributed by atoms with E-state index in [1.807, 2.05) is 0 Å². The van der Waals surface area contributed by atoms with Crippen LogP contribution >= 0.6 is 69.6 Å². The van der Waals surface area contributed by atoms with Crippen molar-refractivity contribution in [1.82, 2.24) is 0 Å². The summed E-state index contributed by atoms with van der Waals surface area (Å²) in [4.78, 5) is 10.7. The molecule has 0 spiro atoms. The SMILES string of the molecule is Cc1c(Cl)c(C(=O)O)c(Cl)c(Cl)c1S(C)(=O)=O.ClC=C(Cl)Cl. The van der Waals surface area contributed by atoms with Crippen molar-refractivity contribution in [1.29, 1.82) is 0 Å². The second-order valence-corrected chi connectivity index (χ2v) is 8.06. The molecule has 4 nitrogen and oxygen atoms in total. The van der Waals surface area contributed by atoms with Crippen molar-refractivity contribution in [2.45, 2.75) is 11.8 Å². The van der Waals surface area contributed by atoms with Gasteiger partial charge in [-0.1, -0.05) is 69.6 Å². The molecule has 11 heteroatoms. The summed E-state index contributed by atoms with van der Waals surface area (Å²) in [6.07, 6.45) is 0.939. The van der Waals surface area contributed by atoms with Gasteiger partial charge in [0, 0.05) is 11.8 Å². The molecule has 0 fully saturated rings. The Morgan fingerprint density at radius 2 is 1.50 bits per heavy atom. The second-order valence-electron chi connectivity index (χ2n) is 3.75. The number of aromatic carboxylic acids is 1. The number of benzene rings is 1. The van der Waals surface area contributed by atoms with E-state index < -0.39 is 21.4 Å². The minimum Gasteiger partial charge on any atom is -0.478 e. The molecule has 0 amide bonds. The topological polar surface area (TPSA) is 71.4 Å². The van der Waals surface area contributed by atoms with Gasteiger partial charge in [-0.25, -0.2) is 13.2 Å². The van der Waals surface area contributed by atoms with Gasteiger partial charge in [-0.15, -0.1) is 0 Å². The van der Waals surface area contributed by atoms with E-state index in [0.717, 1.165) is 11.8 Å². The van der Waals surface area contributed by atoms with Crippen LogP contribution < -0.4 is 0 Å². The maximum absolute atomic E-state index is 11.5. The largest absolute Gasteiger partial charge is 0.478 e. The first-order valence-electron chi connectivity index (χ1n) is 5.08. The van der Waals surface area contributed by atoms with Crippen molar-refractivity contribution in [2.75, 3.05) is 6.26 Å². The molecule has 0 saturated carbocycles. The lowest BCUT2D eigenvalue weighted by atomic mass is 10.1. The van der Waals surface area contributed by atoms with Gasteiger partial charge in [-0.3, -0.25) is 0 Å². The number of carboxylic acid groups (broad SMARTS) is 1. The summed E-state index contributed by atoms with van der Waals surface area (Å²) in [5.74, 6) is -1.37. The Kier molecular flexibility index (Phi) is 8.88. The van der Waals surface area contributed by atoms with Gasteiger partial charge in [0.15, 0.2) is 9.84 Å². The van der Waals surface area contributed by atoms with E-state index >= 15 is 0 Å². The first kappa shape index (κ1) is 22.1. The van der Waals surface area contributed by atoms with Crippen molar-refractivity contribution in [3.05, 3.63) is 36.2 Å². The molecule has 0 aliphatic rings. The van der Waals surface area contributed by atoms with Crippen LogP contribution in [0.1, 0.15) is 15.9 Å². The quantitative estimate of drug-likeness (QED) is 0.601. The highest BCUT2D eigenvalue weighted by Crippen LogP contribution is 2.40. The Morgan fingerprint density at radius 3 is 1.77 bits per heavy atom. The number of halogens is 6. The summed E-state index contributed by atoms with van der Waals surface area (Å²) in [6.45, 7) is 1.37. The summed E-state index contributed by atoms with van der Waals surface area (Å²) >= 11 is 32.1. The normalized spacial score (nSPS) is 10.5. The molecule has 0 aliphatic carbocycles. The van der Waals surface area contributed by atoms with Crippen molar-refractivity contribution < 1.29 is 18.3 Å². The minimum atomic E-state index is -3.65. The zero-order valence-corrected chi connectivity index (χ0v) is 16.3. The Morgan fingerprint density at radius 1 is 1.09 bits per heavy atom. The molecule has 0 aliphatic heterocycles. The lowest BCUT2D eigenvalue weighted by Crippen LogP contribution is -2.08. The van der Waals surface area contributed by atoms with Gasteiger partial charge in [0.1, 0.15) is 4.49 Å². The van der Waals surface area contributed by atoms with E-state index in [-0.39, 0.29) is 30.0 Å². The number of sulfone groups is 1. The second kappa shape index (κ2) is 8.83. The van der Waals surface area contributed by atoms with Crippen LogP contribution in [0.5, 0.6) is 0 Å². The van der Waals surface area contributed by atoms with E-state index in [4.69, 9.17) is 74.7 Å². The monoisotopic (exact) mass is 446 g/mol.